The van der Waals surface area contributed by atoms with Gasteiger partial charge in [-0.25, -0.2) is 0 Å². The van der Waals surface area contributed by atoms with Crippen molar-refractivity contribution >= 4 is 22.5 Å². The molecule has 1 aliphatic carbocycles. The molecule has 1 aromatic heterocycles. The molecule has 3 aromatic rings. The summed E-state index contributed by atoms with van der Waals surface area (Å²) in [5, 5.41) is 2.27. The van der Waals surface area contributed by atoms with E-state index in [1.807, 2.05) is 24.3 Å². The summed E-state index contributed by atoms with van der Waals surface area (Å²) in [5.41, 5.74) is 4.62. The molecular weight excluding hydrogens is 388 g/mol. The highest BCUT2D eigenvalue weighted by molar-refractivity contribution is 6.11. The number of amides is 1. The normalized spacial score (nSPS) is 17.9. The third kappa shape index (κ3) is 3.29. The number of pyridine rings is 1. The molecule has 1 N–H and O–H groups in total. The van der Waals surface area contributed by atoms with Crippen LogP contribution in [0, 0.1) is 19.8 Å². The van der Waals surface area contributed by atoms with Crippen LogP contribution in [0.3, 0.4) is 0 Å². The minimum absolute atomic E-state index is 0.0997. The van der Waals surface area contributed by atoms with Gasteiger partial charge in [-0.3, -0.25) is 14.4 Å². The Balaban J connectivity index is 1.44. The molecule has 1 unspecified atom stereocenters. The maximum Gasteiger partial charge on any atom is 0.261 e. The highest BCUT2D eigenvalue weighted by atomic mass is 16.2. The Bertz CT molecular complexity index is 1280. The summed E-state index contributed by atoms with van der Waals surface area (Å²) < 4.78 is 0. The summed E-state index contributed by atoms with van der Waals surface area (Å²) in [6.45, 7) is 4.51. The second-order valence-corrected chi connectivity index (χ2v) is 8.91. The number of piperidine rings is 1. The highest BCUT2D eigenvalue weighted by Gasteiger charge is 2.32. The summed E-state index contributed by atoms with van der Waals surface area (Å²) in [6.07, 6.45) is 3.57. The van der Waals surface area contributed by atoms with Crippen molar-refractivity contribution in [1.29, 1.82) is 0 Å². The number of H-pyrrole nitrogens is 1. The zero-order valence-corrected chi connectivity index (χ0v) is 18.0. The lowest BCUT2D eigenvalue weighted by Gasteiger charge is -2.32. The van der Waals surface area contributed by atoms with Crippen LogP contribution in [0.2, 0.25) is 0 Å². The molecule has 0 bridgehead atoms. The number of carbonyl (C=O) groups is 2. The summed E-state index contributed by atoms with van der Waals surface area (Å²) in [7, 11) is 0. The van der Waals surface area contributed by atoms with Crippen molar-refractivity contribution in [2.45, 2.75) is 39.5 Å². The first-order valence-electron chi connectivity index (χ1n) is 11.0. The lowest BCUT2D eigenvalue weighted by atomic mass is 9.87. The Morgan fingerprint density at radius 1 is 1.06 bits per heavy atom. The van der Waals surface area contributed by atoms with Gasteiger partial charge in [0.1, 0.15) is 5.56 Å². The number of aryl methyl sites for hydroxylation is 4. The van der Waals surface area contributed by atoms with E-state index in [-0.39, 0.29) is 28.7 Å². The molecule has 5 rings (SSSR count). The van der Waals surface area contributed by atoms with Gasteiger partial charge in [-0.15, -0.1) is 0 Å². The number of aromatic amines is 1. The maximum absolute atomic E-state index is 13.5. The third-order valence-electron chi connectivity index (χ3n) is 6.80. The minimum Gasteiger partial charge on any atom is -0.338 e. The van der Waals surface area contributed by atoms with Crippen LogP contribution in [0.4, 0.5) is 0 Å². The van der Waals surface area contributed by atoms with Crippen LogP contribution in [0.25, 0.3) is 10.8 Å². The summed E-state index contributed by atoms with van der Waals surface area (Å²) >= 11 is 0. The predicted octanol–water partition coefficient (Wildman–Crippen LogP) is 3.98. The standard InChI is InChI=1S/C26H26N2O3/c1-15-13-16(2)27-25(30)22(15)26(31)28-12-4-6-19(14-28)24(29)21-11-10-18-9-8-17-5-3-7-20(21)23(17)18/h3,5,7,10-11,13,19H,4,6,8-9,12,14H2,1-2H3,(H,27,30). The van der Waals surface area contributed by atoms with Gasteiger partial charge in [0.25, 0.3) is 11.5 Å². The second-order valence-electron chi connectivity index (χ2n) is 8.91. The molecule has 1 atom stereocenters. The lowest BCUT2D eigenvalue weighted by Crippen LogP contribution is -2.44. The molecule has 0 spiro atoms. The van der Waals surface area contributed by atoms with Crippen LogP contribution < -0.4 is 5.56 Å². The van der Waals surface area contributed by atoms with Gasteiger partial charge in [-0.2, -0.15) is 0 Å². The first kappa shape index (κ1) is 19.7. The molecule has 2 aliphatic rings. The molecular formula is C26H26N2O3. The second kappa shape index (κ2) is 7.49. The molecule has 1 aliphatic heterocycles. The number of likely N-dealkylation sites (tertiary alicyclic amines) is 1. The van der Waals surface area contributed by atoms with E-state index in [0.717, 1.165) is 42.3 Å². The fourth-order valence-electron chi connectivity index (χ4n) is 5.33. The van der Waals surface area contributed by atoms with Gasteiger partial charge in [-0.05, 0) is 73.1 Å². The molecule has 2 aromatic carbocycles. The Hall–Kier alpha value is -3.21. The number of hydrogen-bond acceptors (Lipinski definition) is 3. The van der Waals surface area contributed by atoms with Crippen LogP contribution in [0.15, 0.2) is 41.2 Å². The monoisotopic (exact) mass is 414 g/mol. The van der Waals surface area contributed by atoms with Crippen molar-refractivity contribution in [3.8, 4) is 0 Å². The Labute approximate surface area is 181 Å². The van der Waals surface area contributed by atoms with Crippen LogP contribution in [0.5, 0.6) is 0 Å². The summed E-state index contributed by atoms with van der Waals surface area (Å²) in [6, 6.07) is 12.1. The number of hydrogen-bond donors (Lipinski definition) is 1. The van der Waals surface area contributed by atoms with E-state index in [1.165, 1.54) is 16.5 Å². The number of aromatic nitrogens is 1. The zero-order chi connectivity index (χ0) is 21.7. The maximum atomic E-state index is 13.5. The van der Waals surface area contributed by atoms with Crippen molar-refractivity contribution in [3.63, 3.8) is 0 Å². The molecule has 158 valence electrons. The zero-order valence-electron chi connectivity index (χ0n) is 18.0. The van der Waals surface area contributed by atoms with E-state index >= 15 is 0 Å². The number of benzene rings is 2. The van der Waals surface area contributed by atoms with Crippen molar-refractivity contribution in [2.75, 3.05) is 13.1 Å². The van der Waals surface area contributed by atoms with Gasteiger partial charge in [0.15, 0.2) is 5.78 Å². The smallest absolute Gasteiger partial charge is 0.261 e. The van der Waals surface area contributed by atoms with Crippen molar-refractivity contribution in [2.24, 2.45) is 5.92 Å². The molecule has 0 radical (unpaired) electrons. The topological polar surface area (TPSA) is 70.2 Å². The summed E-state index contributed by atoms with van der Waals surface area (Å²) in [4.78, 5) is 43.5. The van der Waals surface area contributed by atoms with E-state index in [9.17, 15) is 14.4 Å². The van der Waals surface area contributed by atoms with Crippen LogP contribution in [-0.2, 0) is 12.8 Å². The quantitative estimate of drug-likeness (QED) is 0.659. The van der Waals surface area contributed by atoms with Gasteiger partial charge >= 0.3 is 0 Å². The molecule has 0 saturated carbocycles. The molecule has 2 heterocycles. The van der Waals surface area contributed by atoms with Crippen molar-refractivity contribution < 1.29 is 9.59 Å². The fraction of sp³-hybridized carbons (Fsp3) is 0.346. The predicted molar refractivity (Wildman–Crippen MR) is 121 cm³/mol. The Kier molecular flexibility index (Phi) is 4.77. The third-order valence-corrected chi connectivity index (χ3v) is 6.80. The van der Waals surface area contributed by atoms with E-state index < -0.39 is 0 Å². The van der Waals surface area contributed by atoms with Gasteiger partial charge in [0.2, 0.25) is 0 Å². The van der Waals surface area contributed by atoms with Gasteiger partial charge in [0, 0.05) is 30.3 Å². The first-order valence-corrected chi connectivity index (χ1v) is 11.0. The SMILES string of the molecule is Cc1cc(C)c(C(=O)N2CCCC(C(=O)c3ccc4c5c(cccc35)CC4)C2)c(=O)[nH]1. The first-order chi connectivity index (χ1) is 14.9. The average Bonchev–Trinajstić information content (AvgIpc) is 3.18. The van der Waals surface area contributed by atoms with Gasteiger partial charge in [0.05, 0.1) is 0 Å². The van der Waals surface area contributed by atoms with Gasteiger partial charge in [-0.1, -0.05) is 30.3 Å². The number of nitrogens with one attached hydrogen (secondary N) is 1. The average molecular weight is 415 g/mol. The molecule has 1 amide bonds. The lowest BCUT2D eigenvalue weighted by molar-refractivity contribution is 0.0635. The minimum atomic E-state index is -0.358. The van der Waals surface area contributed by atoms with E-state index in [0.29, 0.717) is 18.7 Å². The molecule has 5 nitrogen and oxygen atoms in total. The Morgan fingerprint density at radius 2 is 1.84 bits per heavy atom. The van der Waals surface area contributed by atoms with Gasteiger partial charge < -0.3 is 9.88 Å². The molecule has 31 heavy (non-hydrogen) atoms. The van der Waals surface area contributed by atoms with Crippen molar-refractivity contribution in [1.82, 2.24) is 9.88 Å². The molecule has 5 heteroatoms. The number of carbonyl (C=O) groups excluding carboxylic acids is 2. The van der Waals surface area contributed by atoms with Crippen LogP contribution >= 0.6 is 0 Å². The van der Waals surface area contributed by atoms with E-state index in [2.05, 4.69) is 17.1 Å². The molecule has 1 saturated heterocycles. The fourth-order valence-corrected chi connectivity index (χ4v) is 5.33. The van der Waals surface area contributed by atoms with E-state index in [1.54, 1.807) is 18.7 Å². The number of nitrogens with zero attached hydrogens (tertiary/aromatic N) is 1. The largest absolute Gasteiger partial charge is 0.338 e. The summed E-state index contributed by atoms with van der Waals surface area (Å²) in [5.74, 6) is -0.430. The number of rotatable bonds is 3. The van der Waals surface area contributed by atoms with Crippen LogP contribution in [0.1, 0.15) is 55.9 Å². The number of Topliss-reactive ketones (excluding diaryl/α,β-unsaturated/α-hetero) is 1. The van der Waals surface area contributed by atoms with Crippen molar-refractivity contribution in [3.05, 3.63) is 80.3 Å². The highest BCUT2D eigenvalue weighted by Crippen LogP contribution is 2.34. The Morgan fingerprint density at radius 3 is 2.61 bits per heavy atom. The number of ketones is 1. The van der Waals surface area contributed by atoms with Crippen LogP contribution in [-0.4, -0.2) is 34.7 Å². The molecule has 1 fully saturated rings. The van der Waals surface area contributed by atoms with E-state index in [4.69, 9.17) is 0 Å².